The van der Waals surface area contributed by atoms with E-state index in [2.05, 4.69) is 0 Å². The van der Waals surface area contributed by atoms with Gasteiger partial charge in [-0.15, -0.1) is 0 Å². The summed E-state index contributed by atoms with van der Waals surface area (Å²) in [4.78, 5) is 28.8. The van der Waals surface area contributed by atoms with Crippen molar-refractivity contribution in [1.29, 1.82) is 0 Å². The van der Waals surface area contributed by atoms with Gasteiger partial charge in [-0.3, -0.25) is 0 Å². The second-order valence-corrected chi connectivity index (χ2v) is 4.17. The number of ketones is 2. The minimum atomic E-state index is -1.79. The van der Waals surface area contributed by atoms with Crippen LogP contribution >= 0.6 is 0 Å². The van der Waals surface area contributed by atoms with Gasteiger partial charge < -0.3 is 39.9 Å². The zero-order chi connectivity index (χ0) is 16.9. The second kappa shape index (κ2) is 14.2. The van der Waals surface area contributed by atoms with E-state index in [0.29, 0.717) is 0 Å². The maximum Gasteiger partial charge on any atom is 0.151 e. The van der Waals surface area contributed by atoms with Crippen LogP contribution in [0.5, 0.6) is 0 Å². The molecular weight excluding hydrogens is 272 g/mol. The molecule has 0 aliphatic carbocycles. The highest BCUT2D eigenvalue weighted by Gasteiger charge is 2.29. The Labute approximate surface area is 117 Å². The number of Topliss-reactive ketones (excluding diaryl/α,β-unsaturated/α-hetero) is 2. The first-order valence-electron chi connectivity index (χ1n) is 5.73. The van der Waals surface area contributed by atoms with Gasteiger partial charge in [-0.25, -0.2) is 0 Å². The third-order valence-electron chi connectivity index (χ3n) is 1.42. The first kappa shape index (κ1) is 23.9. The van der Waals surface area contributed by atoms with Gasteiger partial charge in [-0.2, -0.15) is 0 Å². The number of aliphatic hydroxyl groups is 5. The average Bonchev–Trinajstić information content (AvgIpc) is 2.33. The van der Waals surface area contributed by atoms with E-state index in [0.717, 1.165) is 0 Å². The van der Waals surface area contributed by atoms with Crippen molar-refractivity contribution in [2.75, 3.05) is 6.61 Å². The van der Waals surface area contributed by atoms with E-state index in [4.69, 9.17) is 25.5 Å². The van der Waals surface area contributed by atoms with E-state index in [9.17, 15) is 14.4 Å². The molecule has 0 saturated carbocycles. The molecule has 0 unspecified atom stereocenters. The van der Waals surface area contributed by atoms with Crippen LogP contribution in [-0.2, 0) is 14.4 Å². The first-order valence-corrected chi connectivity index (χ1v) is 5.73. The smallest absolute Gasteiger partial charge is 0.151 e. The molecule has 5 N–H and O–H groups in total. The molecule has 0 aromatic rings. The summed E-state index contributed by atoms with van der Waals surface area (Å²) < 4.78 is 0. The Bertz CT molecular complexity index is 259. The molecule has 0 aromatic carbocycles. The SMILES string of the molecule is CC(C)=O.CC(C)=O.O=C[C@H](O)[C@@H](O)[C@@H](O)[C@H](O)CO. The van der Waals surface area contributed by atoms with Gasteiger partial charge in [-0.05, 0) is 27.7 Å². The van der Waals surface area contributed by atoms with Crippen LogP contribution in [0.4, 0.5) is 0 Å². The first-order chi connectivity index (χ1) is 9.00. The summed E-state index contributed by atoms with van der Waals surface area (Å²) in [5.41, 5.74) is 0. The highest BCUT2D eigenvalue weighted by molar-refractivity contribution is 5.72. The lowest BCUT2D eigenvalue weighted by atomic mass is 10.0. The van der Waals surface area contributed by atoms with E-state index < -0.39 is 31.0 Å². The molecule has 0 amide bonds. The summed E-state index contributed by atoms with van der Waals surface area (Å²) in [6.07, 6.45) is -6.84. The second-order valence-electron chi connectivity index (χ2n) is 4.17. The Hall–Kier alpha value is -1.19. The molecular formula is C12H24O8. The van der Waals surface area contributed by atoms with Crippen molar-refractivity contribution in [3.8, 4) is 0 Å². The molecule has 0 aliphatic heterocycles. The molecule has 8 heteroatoms. The fraction of sp³-hybridized carbons (Fsp3) is 0.750. The van der Waals surface area contributed by atoms with Crippen molar-refractivity contribution in [3.63, 3.8) is 0 Å². The number of hydrogen-bond acceptors (Lipinski definition) is 8. The summed E-state index contributed by atoms with van der Waals surface area (Å²) in [6, 6.07) is 0. The van der Waals surface area contributed by atoms with Crippen molar-refractivity contribution in [2.45, 2.75) is 52.1 Å². The summed E-state index contributed by atoms with van der Waals surface area (Å²) >= 11 is 0. The van der Waals surface area contributed by atoms with Gasteiger partial charge in [0, 0.05) is 0 Å². The van der Waals surface area contributed by atoms with Crippen LogP contribution in [0.2, 0.25) is 0 Å². The van der Waals surface area contributed by atoms with E-state index >= 15 is 0 Å². The molecule has 0 aromatic heterocycles. The Morgan fingerprint density at radius 2 is 1.20 bits per heavy atom. The van der Waals surface area contributed by atoms with Crippen LogP contribution in [0.25, 0.3) is 0 Å². The lowest BCUT2D eigenvalue weighted by Crippen LogP contribution is -2.46. The topological polar surface area (TPSA) is 152 Å². The summed E-state index contributed by atoms with van der Waals surface area (Å²) in [7, 11) is 0. The third-order valence-corrected chi connectivity index (χ3v) is 1.42. The lowest BCUT2D eigenvalue weighted by molar-refractivity contribution is -0.136. The number of aldehydes is 1. The standard InChI is InChI=1S/C6H12O6.2C3H6O/c7-1-3(9)5(11)6(12)4(10)2-8;2*1-3(2)4/h1,3-6,8-12H,2H2;2*1-2H3/t3-,4+,5+,6-;;/m0../s1. The van der Waals surface area contributed by atoms with Crippen LogP contribution < -0.4 is 0 Å². The van der Waals surface area contributed by atoms with Crippen molar-refractivity contribution in [3.05, 3.63) is 0 Å². The Kier molecular flexibility index (Phi) is 17.0. The molecule has 120 valence electrons. The number of rotatable bonds is 5. The number of hydrogen-bond donors (Lipinski definition) is 5. The molecule has 0 spiro atoms. The van der Waals surface area contributed by atoms with Gasteiger partial charge in [0.2, 0.25) is 0 Å². The third kappa shape index (κ3) is 19.2. The zero-order valence-electron chi connectivity index (χ0n) is 12.1. The quantitative estimate of drug-likeness (QED) is 0.359. The van der Waals surface area contributed by atoms with Gasteiger partial charge in [0.05, 0.1) is 6.61 Å². The Morgan fingerprint density at radius 3 is 1.40 bits per heavy atom. The highest BCUT2D eigenvalue weighted by Crippen LogP contribution is 2.02. The minimum Gasteiger partial charge on any atom is -0.394 e. The van der Waals surface area contributed by atoms with Crippen molar-refractivity contribution in [2.24, 2.45) is 0 Å². The van der Waals surface area contributed by atoms with E-state index in [1.807, 2.05) is 0 Å². The van der Waals surface area contributed by atoms with E-state index in [1.165, 1.54) is 27.7 Å². The molecule has 0 heterocycles. The van der Waals surface area contributed by atoms with Crippen LogP contribution in [0.15, 0.2) is 0 Å². The molecule has 0 rings (SSSR count). The van der Waals surface area contributed by atoms with Crippen LogP contribution in [0.3, 0.4) is 0 Å². The van der Waals surface area contributed by atoms with Crippen LogP contribution in [0, 0.1) is 0 Å². The summed E-state index contributed by atoms with van der Waals surface area (Å²) in [6.45, 7) is 5.35. The molecule has 0 radical (unpaired) electrons. The number of aliphatic hydroxyl groups excluding tert-OH is 5. The van der Waals surface area contributed by atoms with Gasteiger partial charge in [0.25, 0.3) is 0 Å². The number of carbonyl (C=O) groups excluding carboxylic acids is 3. The van der Waals surface area contributed by atoms with Crippen molar-refractivity contribution < 1.29 is 39.9 Å². The summed E-state index contributed by atoms with van der Waals surface area (Å²) in [5, 5.41) is 43.5. The summed E-state index contributed by atoms with van der Waals surface area (Å²) in [5.74, 6) is 0.333. The fourth-order valence-corrected chi connectivity index (χ4v) is 0.618. The predicted octanol–water partition coefficient (Wildman–Crippen LogP) is -2.19. The molecule has 0 fully saturated rings. The van der Waals surface area contributed by atoms with Gasteiger partial charge in [0.1, 0.15) is 36.0 Å². The van der Waals surface area contributed by atoms with Gasteiger partial charge in [-0.1, -0.05) is 0 Å². The molecule has 4 atom stereocenters. The maximum absolute atomic E-state index is 9.90. The Balaban J connectivity index is -0.000000297. The highest BCUT2D eigenvalue weighted by atomic mass is 16.4. The molecule has 0 bridgehead atoms. The van der Waals surface area contributed by atoms with Gasteiger partial charge >= 0.3 is 0 Å². The lowest BCUT2D eigenvalue weighted by Gasteiger charge is -2.22. The fourth-order valence-electron chi connectivity index (χ4n) is 0.618. The molecule has 0 saturated heterocycles. The number of carbonyl (C=O) groups is 3. The van der Waals surface area contributed by atoms with E-state index in [-0.39, 0.29) is 17.9 Å². The molecule has 20 heavy (non-hydrogen) atoms. The largest absolute Gasteiger partial charge is 0.394 e. The van der Waals surface area contributed by atoms with Crippen LogP contribution in [0.1, 0.15) is 27.7 Å². The monoisotopic (exact) mass is 296 g/mol. The van der Waals surface area contributed by atoms with Crippen LogP contribution in [-0.4, -0.2) is 74.4 Å². The Morgan fingerprint density at radius 1 is 0.900 bits per heavy atom. The van der Waals surface area contributed by atoms with Crippen molar-refractivity contribution >= 4 is 17.9 Å². The van der Waals surface area contributed by atoms with Crippen molar-refractivity contribution in [1.82, 2.24) is 0 Å². The molecule has 8 nitrogen and oxygen atoms in total. The van der Waals surface area contributed by atoms with Gasteiger partial charge in [0.15, 0.2) is 6.29 Å². The minimum absolute atomic E-state index is 0.0258. The molecule has 0 aliphatic rings. The van der Waals surface area contributed by atoms with E-state index in [1.54, 1.807) is 0 Å². The average molecular weight is 296 g/mol. The maximum atomic E-state index is 9.90. The zero-order valence-corrected chi connectivity index (χ0v) is 12.1. The predicted molar refractivity (Wildman–Crippen MR) is 69.9 cm³/mol. The normalized spacial score (nSPS) is 15.2.